The molecule has 1 saturated heterocycles. The highest BCUT2D eigenvalue weighted by atomic mass is 16.6. The van der Waals surface area contributed by atoms with Gasteiger partial charge in [-0.2, -0.15) is 0 Å². The van der Waals surface area contributed by atoms with Crippen LogP contribution in [0.2, 0.25) is 0 Å². The number of nitrogens with zero attached hydrogens (tertiary/aromatic N) is 1. The molecule has 1 aliphatic heterocycles. The quantitative estimate of drug-likeness (QED) is 0.859. The van der Waals surface area contributed by atoms with Crippen LogP contribution in [-0.4, -0.2) is 56.6 Å². The second kappa shape index (κ2) is 7.47. The summed E-state index contributed by atoms with van der Waals surface area (Å²) in [5.74, 6) is 0.687. The van der Waals surface area contributed by atoms with E-state index in [2.05, 4.69) is 11.9 Å². The van der Waals surface area contributed by atoms with Crippen molar-refractivity contribution in [3.63, 3.8) is 0 Å². The van der Waals surface area contributed by atoms with Gasteiger partial charge in [0.2, 0.25) is 0 Å². The zero-order chi connectivity index (χ0) is 14.4. The van der Waals surface area contributed by atoms with Crippen LogP contribution in [0.5, 0.6) is 11.5 Å². The van der Waals surface area contributed by atoms with Gasteiger partial charge in [-0.15, -0.1) is 0 Å². The predicted octanol–water partition coefficient (Wildman–Crippen LogP) is 1.64. The van der Waals surface area contributed by atoms with Crippen LogP contribution < -0.4 is 4.74 Å². The maximum absolute atomic E-state index is 9.76. The third kappa shape index (κ3) is 4.37. The van der Waals surface area contributed by atoms with Crippen molar-refractivity contribution < 1.29 is 19.3 Å². The Kier molecular flexibility index (Phi) is 5.64. The molecule has 1 N–H and O–H groups in total. The summed E-state index contributed by atoms with van der Waals surface area (Å²) in [6, 6.07) is 5.50. The molecule has 1 aromatic carbocycles. The molecular formula is C15H23NO4. The van der Waals surface area contributed by atoms with Crippen molar-refractivity contribution in [2.24, 2.45) is 0 Å². The maximum Gasteiger partial charge on any atom is 0.160 e. The molecule has 1 fully saturated rings. The number of rotatable bonds is 6. The SMILES string of the molecule is COc1ccc(CN(C)CCC2COCCO2)cc1O. The lowest BCUT2D eigenvalue weighted by Gasteiger charge is -2.25. The zero-order valence-electron chi connectivity index (χ0n) is 12.2. The third-order valence-electron chi connectivity index (χ3n) is 3.41. The van der Waals surface area contributed by atoms with Gasteiger partial charge in [0, 0.05) is 13.1 Å². The third-order valence-corrected chi connectivity index (χ3v) is 3.41. The van der Waals surface area contributed by atoms with Crippen LogP contribution in [0.15, 0.2) is 18.2 Å². The van der Waals surface area contributed by atoms with Crippen LogP contribution in [0.3, 0.4) is 0 Å². The average molecular weight is 281 g/mol. The molecule has 5 nitrogen and oxygen atoms in total. The first-order valence-corrected chi connectivity index (χ1v) is 6.93. The summed E-state index contributed by atoms with van der Waals surface area (Å²) in [6.07, 6.45) is 1.16. The first-order valence-electron chi connectivity index (χ1n) is 6.93. The molecular weight excluding hydrogens is 258 g/mol. The molecule has 112 valence electrons. The Bertz CT molecular complexity index is 418. The van der Waals surface area contributed by atoms with E-state index in [1.165, 1.54) is 0 Å². The summed E-state index contributed by atoms with van der Waals surface area (Å²) in [6.45, 7) is 3.81. The Hall–Kier alpha value is -1.30. The topological polar surface area (TPSA) is 51.2 Å². The van der Waals surface area contributed by atoms with Crippen LogP contribution in [0, 0.1) is 0 Å². The van der Waals surface area contributed by atoms with E-state index in [1.807, 2.05) is 6.07 Å². The Balaban J connectivity index is 1.78. The van der Waals surface area contributed by atoms with Crippen LogP contribution in [0.25, 0.3) is 0 Å². The second-order valence-electron chi connectivity index (χ2n) is 5.10. The van der Waals surface area contributed by atoms with Crippen molar-refractivity contribution in [3.8, 4) is 11.5 Å². The normalized spacial score (nSPS) is 19.2. The number of phenolic OH excluding ortho intramolecular Hbond substituents is 1. The van der Waals surface area contributed by atoms with Crippen molar-refractivity contribution >= 4 is 0 Å². The van der Waals surface area contributed by atoms with E-state index in [0.29, 0.717) is 25.6 Å². The van der Waals surface area contributed by atoms with Crippen molar-refractivity contribution in [2.45, 2.75) is 19.1 Å². The van der Waals surface area contributed by atoms with E-state index in [-0.39, 0.29) is 11.9 Å². The van der Waals surface area contributed by atoms with E-state index in [1.54, 1.807) is 19.2 Å². The molecule has 2 rings (SSSR count). The van der Waals surface area contributed by atoms with Gasteiger partial charge in [0.25, 0.3) is 0 Å². The Morgan fingerprint density at radius 1 is 1.40 bits per heavy atom. The maximum atomic E-state index is 9.76. The Morgan fingerprint density at radius 2 is 2.25 bits per heavy atom. The van der Waals surface area contributed by atoms with Gasteiger partial charge in [0.05, 0.1) is 33.0 Å². The summed E-state index contributed by atoms with van der Waals surface area (Å²) < 4.78 is 16.0. The summed E-state index contributed by atoms with van der Waals surface area (Å²) in [5.41, 5.74) is 1.06. The van der Waals surface area contributed by atoms with Gasteiger partial charge in [-0.3, -0.25) is 0 Å². The Labute approximate surface area is 120 Å². The molecule has 0 bridgehead atoms. The fourth-order valence-electron chi connectivity index (χ4n) is 2.29. The molecule has 1 atom stereocenters. The largest absolute Gasteiger partial charge is 0.504 e. The summed E-state index contributed by atoms with van der Waals surface area (Å²) in [7, 11) is 3.61. The van der Waals surface area contributed by atoms with E-state index >= 15 is 0 Å². The second-order valence-corrected chi connectivity index (χ2v) is 5.10. The molecule has 0 aromatic heterocycles. The minimum atomic E-state index is 0.183. The van der Waals surface area contributed by atoms with Gasteiger partial charge in [-0.05, 0) is 31.2 Å². The smallest absolute Gasteiger partial charge is 0.160 e. The molecule has 0 radical (unpaired) electrons. The average Bonchev–Trinajstić information content (AvgIpc) is 2.46. The van der Waals surface area contributed by atoms with Crippen LogP contribution >= 0.6 is 0 Å². The van der Waals surface area contributed by atoms with Gasteiger partial charge in [-0.1, -0.05) is 6.07 Å². The van der Waals surface area contributed by atoms with Crippen molar-refractivity contribution in [3.05, 3.63) is 23.8 Å². The fraction of sp³-hybridized carbons (Fsp3) is 0.600. The lowest BCUT2D eigenvalue weighted by Crippen LogP contribution is -2.32. The monoisotopic (exact) mass is 281 g/mol. The Morgan fingerprint density at radius 3 is 2.90 bits per heavy atom. The lowest BCUT2D eigenvalue weighted by molar-refractivity contribution is -0.0923. The first kappa shape index (κ1) is 15.1. The number of hydrogen-bond donors (Lipinski definition) is 1. The van der Waals surface area contributed by atoms with Gasteiger partial charge in [0.15, 0.2) is 11.5 Å². The van der Waals surface area contributed by atoms with Gasteiger partial charge < -0.3 is 24.2 Å². The van der Waals surface area contributed by atoms with E-state index in [9.17, 15) is 5.11 Å². The van der Waals surface area contributed by atoms with E-state index < -0.39 is 0 Å². The number of hydrogen-bond acceptors (Lipinski definition) is 5. The van der Waals surface area contributed by atoms with E-state index in [0.717, 1.165) is 25.1 Å². The molecule has 5 heteroatoms. The molecule has 0 spiro atoms. The predicted molar refractivity (Wildman–Crippen MR) is 76.2 cm³/mol. The lowest BCUT2D eigenvalue weighted by atomic mass is 10.1. The van der Waals surface area contributed by atoms with Crippen LogP contribution in [-0.2, 0) is 16.0 Å². The summed E-state index contributed by atoms with van der Waals surface area (Å²) >= 11 is 0. The van der Waals surface area contributed by atoms with E-state index in [4.69, 9.17) is 14.2 Å². The summed E-state index contributed by atoms with van der Waals surface area (Å²) in [5, 5.41) is 9.76. The summed E-state index contributed by atoms with van der Waals surface area (Å²) in [4.78, 5) is 2.21. The first-order chi connectivity index (χ1) is 9.69. The molecule has 1 unspecified atom stereocenters. The fourth-order valence-corrected chi connectivity index (χ4v) is 2.29. The van der Waals surface area contributed by atoms with Gasteiger partial charge >= 0.3 is 0 Å². The molecule has 0 amide bonds. The zero-order valence-corrected chi connectivity index (χ0v) is 12.2. The molecule has 0 aliphatic carbocycles. The van der Waals surface area contributed by atoms with Crippen LogP contribution in [0.4, 0.5) is 0 Å². The molecule has 0 saturated carbocycles. The number of phenols is 1. The highest BCUT2D eigenvalue weighted by molar-refractivity contribution is 5.41. The number of benzene rings is 1. The molecule has 20 heavy (non-hydrogen) atoms. The minimum Gasteiger partial charge on any atom is -0.504 e. The van der Waals surface area contributed by atoms with Gasteiger partial charge in [-0.25, -0.2) is 0 Å². The van der Waals surface area contributed by atoms with Crippen LogP contribution in [0.1, 0.15) is 12.0 Å². The number of methoxy groups -OCH3 is 1. The van der Waals surface area contributed by atoms with Crippen molar-refractivity contribution in [1.82, 2.24) is 4.90 Å². The molecule has 1 aromatic rings. The van der Waals surface area contributed by atoms with Crippen molar-refractivity contribution in [2.75, 3.05) is 40.5 Å². The number of ether oxygens (including phenoxy) is 3. The highest BCUT2D eigenvalue weighted by Crippen LogP contribution is 2.26. The standard InChI is InChI=1S/C15H23NO4/c1-16(6-5-13-11-19-7-8-20-13)10-12-3-4-15(18-2)14(17)9-12/h3-4,9,13,17H,5-8,10-11H2,1-2H3. The molecule has 1 heterocycles. The minimum absolute atomic E-state index is 0.183. The molecule has 1 aliphatic rings. The van der Waals surface area contributed by atoms with Gasteiger partial charge in [0.1, 0.15) is 0 Å². The van der Waals surface area contributed by atoms with Crippen molar-refractivity contribution in [1.29, 1.82) is 0 Å². The number of aromatic hydroxyl groups is 1. The highest BCUT2D eigenvalue weighted by Gasteiger charge is 2.15.